The average molecular weight is 551 g/mol. The SMILES string of the molecule is COc1ccc(Cl)cc1C(=O)NCCc1ccc(CC(=O)ON(CCc2ccccc2)C(=N)NC(=N)N)cc1. The zero-order valence-corrected chi connectivity index (χ0v) is 22.3. The van der Waals surface area contributed by atoms with E-state index in [0.717, 1.165) is 21.8 Å². The summed E-state index contributed by atoms with van der Waals surface area (Å²) in [6.45, 7) is 0.609. The zero-order valence-electron chi connectivity index (χ0n) is 21.5. The van der Waals surface area contributed by atoms with Crippen LogP contribution in [0.5, 0.6) is 5.75 Å². The largest absolute Gasteiger partial charge is 0.496 e. The third-order valence-corrected chi connectivity index (χ3v) is 5.87. The molecule has 0 bridgehead atoms. The van der Waals surface area contributed by atoms with Crippen LogP contribution >= 0.6 is 11.6 Å². The fourth-order valence-electron chi connectivity index (χ4n) is 3.69. The first-order valence-corrected chi connectivity index (χ1v) is 12.5. The summed E-state index contributed by atoms with van der Waals surface area (Å²) < 4.78 is 5.23. The van der Waals surface area contributed by atoms with Gasteiger partial charge >= 0.3 is 5.97 Å². The monoisotopic (exact) mass is 550 g/mol. The van der Waals surface area contributed by atoms with E-state index in [0.29, 0.717) is 35.7 Å². The summed E-state index contributed by atoms with van der Waals surface area (Å²) >= 11 is 6.00. The van der Waals surface area contributed by atoms with Gasteiger partial charge < -0.3 is 20.6 Å². The maximum absolute atomic E-state index is 12.6. The van der Waals surface area contributed by atoms with Gasteiger partial charge in [0.05, 0.1) is 25.6 Å². The maximum Gasteiger partial charge on any atom is 0.336 e. The van der Waals surface area contributed by atoms with Crippen LogP contribution in [0.4, 0.5) is 0 Å². The van der Waals surface area contributed by atoms with Crippen molar-refractivity contribution >= 4 is 35.4 Å². The van der Waals surface area contributed by atoms with Crippen molar-refractivity contribution in [3.8, 4) is 5.75 Å². The molecule has 1 amide bonds. The number of methoxy groups -OCH3 is 1. The van der Waals surface area contributed by atoms with Crippen LogP contribution in [-0.4, -0.2) is 49.1 Å². The van der Waals surface area contributed by atoms with Crippen molar-refractivity contribution in [3.05, 3.63) is 100 Å². The van der Waals surface area contributed by atoms with Crippen LogP contribution in [0.15, 0.2) is 72.8 Å². The molecule has 39 heavy (non-hydrogen) atoms. The molecule has 11 heteroatoms. The Labute approximate surface area is 232 Å². The summed E-state index contributed by atoms with van der Waals surface area (Å²) in [5, 5.41) is 22.2. The Morgan fingerprint density at radius 2 is 1.62 bits per heavy atom. The van der Waals surface area contributed by atoms with Crippen molar-refractivity contribution in [2.24, 2.45) is 5.73 Å². The van der Waals surface area contributed by atoms with Crippen molar-refractivity contribution in [1.29, 1.82) is 10.8 Å². The van der Waals surface area contributed by atoms with Crippen molar-refractivity contribution in [3.63, 3.8) is 0 Å². The molecule has 3 rings (SSSR count). The number of hydrogen-bond acceptors (Lipinski definition) is 6. The Morgan fingerprint density at radius 3 is 2.28 bits per heavy atom. The predicted octanol–water partition coefficient (Wildman–Crippen LogP) is 3.28. The molecule has 204 valence electrons. The standard InChI is InChI=1S/C28H31ClN6O4/c1-38-24-12-11-22(29)18-23(24)26(37)33-15-13-20-7-9-21(10-8-20)17-25(36)39-35(28(32)34-27(30)31)16-14-19-5-3-2-4-6-19/h2-12,18H,13-17H2,1H3,(H,33,37)(H5,30,31,32,34). The second kappa shape index (κ2) is 14.4. The van der Waals surface area contributed by atoms with E-state index in [2.05, 4.69) is 10.6 Å². The Hall–Kier alpha value is -4.57. The zero-order chi connectivity index (χ0) is 28.2. The first kappa shape index (κ1) is 29.0. The number of amides is 1. The lowest BCUT2D eigenvalue weighted by Crippen LogP contribution is -2.47. The maximum atomic E-state index is 12.6. The van der Waals surface area contributed by atoms with Gasteiger partial charge in [0.1, 0.15) is 5.75 Å². The summed E-state index contributed by atoms with van der Waals surface area (Å²) in [6, 6.07) is 21.8. The number of carbonyl (C=O) groups excluding carboxylic acids is 2. The summed E-state index contributed by atoms with van der Waals surface area (Å²) in [5.41, 5.74) is 8.41. The molecule has 0 aromatic heterocycles. The third-order valence-electron chi connectivity index (χ3n) is 5.64. The second-order valence-corrected chi connectivity index (χ2v) is 8.97. The minimum atomic E-state index is -0.561. The van der Waals surface area contributed by atoms with E-state index in [1.165, 1.54) is 7.11 Å². The highest BCUT2D eigenvalue weighted by molar-refractivity contribution is 6.31. The number of hydrogen-bond donors (Lipinski definition) is 5. The van der Waals surface area contributed by atoms with Gasteiger partial charge in [-0.3, -0.25) is 20.9 Å². The average Bonchev–Trinajstić information content (AvgIpc) is 2.92. The molecular weight excluding hydrogens is 520 g/mol. The number of halogens is 1. The second-order valence-electron chi connectivity index (χ2n) is 8.53. The Balaban J connectivity index is 1.51. The fourth-order valence-corrected chi connectivity index (χ4v) is 3.86. The molecule has 6 N–H and O–H groups in total. The van der Waals surface area contributed by atoms with Gasteiger partial charge in [0.2, 0.25) is 5.96 Å². The normalized spacial score (nSPS) is 10.3. The first-order valence-electron chi connectivity index (χ1n) is 12.2. The predicted molar refractivity (Wildman–Crippen MR) is 150 cm³/mol. The highest BCUT2D eigenvalue weighted by atomic mass is 35.5. The number of hydroxylamine groups is 2. The van der Waals surface area contributed by atoms with Crippen molar-refractivity contribution in [2.45, 2.75) is 19.3 Å². The molecule has 0 saturated carbocycles. The van der Waals surface area contributed by atoms with Crippen LogP contribution in [0.3, 0.4) is 0 Å². The molecule has 0 aliphatic heterocycles. The van der Waals surface area contributed by atoms with E-state index in [-0.39, 0.29) is 24.8 Å². The van der Waals surface area contributed by atoms with Crippen LogP contribution in [0.2, 0.25) is 5.02 Å². The molecule has 3 aromatic rings. The summed E-state index contributed by atoms with van der Waals surface area (Å²) in [7, 11) is 1.49. The number of carbonyl (C=O) groups is 2. The number of benzene rings is 3. The molecule has 0 aliphatic rings. The highest BCUT2D eigenvalue weighted by Gasteiger charge is 2.17. The number of guanidine groups is 2. The lowest BCUT2D eigenvalue weighted by Gasteiger charge is -2.23. The number of ether oxygens (including phenoxy) is 1. The van der Waals surface area contributed by atoms with Gasteiger partial charge in [-0.25, -0.2) is 4.79 Å². The van der Waals surface area contributed by atoms with Gasteiger partial charge in [0.25, 0.3) is 5.91 Å². The Kier molecular flexibility index (Phi) is 10.7. The van der Waals surface area contributed by atoms with Crippen molar-refractivity contribution in [1.82, 2.24) is 15.7 Å². The number of nitrogens with two attached hydrogens (primary N) is 1. The van der Waals surface area contributed by atoms with Gasteiger partial charge in [-0.05, 0) is 47.7 Å². The third kappa shape index (κ3) is 9.35. The molecule has 0 radical (unpaired) electrons. The van der Waals surface area contributed by atoms with Crippen LogP contribution in [-0.2, 0) is 28.9 Å². The minimum Gasteiger partial charge on any atom is -0.496 e. The van der Waals surface area contributed by atoms with E-state index < -0.39 is 11.9 Å². The lowest BCUT2D eigenvalue weighted by molar-refractivity contribution is -0.172. The van der Waals surface area contributed by atoms with Crippen molar-refractivity contribution < 1.29 is 19.2 Å². The van der Waals surface area contributed by atoms with Crippen LogP contribution < -0.4 is 21.1 Å². The Bertz CT molecular complexity index is 1300. The molecule has 10 nitrogen and oxygen atoms in total. The van der Waals surface area contributed by atoms with Gasteiger partial charge in [0, 0.05) is 11.6 Å². The van der Waals surface area contributed by atoms with Gasteiger partial charge in [-0.15, -0.1) is 0 Å². The van der Waals surface area contributed by atoms with E-state index >= 15 is 0 Å². The first-order chi connectivity index (χ1) is 18.7. The molecule has 0 saturated heterocycles. The molecule has 0 heterocycles. The van der Waals surface area contributed by atoms with Crippen molar-refractivity contribution in [2.75, 3.05) is 20.2 Å². The number of nitrogens with zero attached hydrogens (tertiary/aromatic N) is 1. The molecule has 0 atom stereocenters. The van der Waals surface area contributed by atoms with Crippen LogP contribution in [0.1, 0.15) is 27.0 Å². The van der Waals surface area contributed by atoms with Gasteiger partial charge in [-0.2, -0.15) is 5.06 Å². The van der Waals surface area contributed by atoms with Gasteiger partial charge in [0.15, 0.2) is 5.96 Å². The quantitative estimate of drug-likeness (QED) is 0.147. The summed E-state index contributed by atoms with van der Waals surface area (Å²) in [5.74, 6) is -1.14. The molecule has 0 unspecified atom stereocenters. The smallest absolute Gasteiger partial charge is 0.336 e. The van der Waals surface area contributed by atoms with Gasteiger partial charge in [-0.1, -0.05) is 66.2 Å². The molecule has 0 fully saturated rings. The molecule has 0 aliphatic carbocycles. The van der Waals surface area contributed by atoms with Crippen LogP contribution in [0, 0.1) is 10.8 Å². The Morgan fingerprint density at radius 1 is 0.949 bits per heavy atom. The van der Waals surface area contributed by atoms with E-state index in [4.69, 9.17) is 37.7 Å². The van der Waals surface area contributed by atoms with Crippen LogP contribution in [0.25, 0.3) is 0 Å². The molecule has 0 spiro atoms. The molecular formula is C28H31ClN6O4. The fraction of sp³-hybridized carbons (Fsp3) is 0.214. The minimum absolute atomic E-state index is 0.0131. The number of rotatable bonds is 10. The topological polar surface area (TPSA) is 154 Å². The molecule has 3 aromatic carbocycles. The summed E-state index contributed by atoms with van der Waals surface area (Å²) in [4.78, 5) is 30.6. The lowest BCUT2D eigenvalue weighted by atomic mass is 10.1. The number of nitrogens with one attached hydrogen (secondary N) is 4. The van der Waals surface area contributed by atoms with E-state index in [9.17, 15) is 9.59 Å². The highest BCUT2D eigenvalue weighted by Crippen LogP contribution is 2.22. The summed E-state index contributed by atoms with van der Waals surface area (Å²) in [6.07, 6.45) is 1.09. The van der Waals surface area contributed by atoms with E-state index in [1.54, 1.807) is 18.2 Å². The van der Waals surface area contributed by atoms with E-state index in [1.807, 2.05) is 54.6 Å².